The standard InChI is InChI=1S/C10H9N2O3S2/c1-12(15-17(13)14)9-4-2-3-8(5-9)10-6-16-7-11-10/h2-6,17H,1H3. The number of hydrogen-bond acceptors (Lipinski definition) is 6. The van der Waals surface area contributed by atoms with Crippen LogP contribution in [0.25, 0.3) is 11.3 Å². The minimum Gasteiger partial charge on any atom is -0.240 e. The molecule has 0 aliphatic rings. The van der Waals surface area contributed by atoms with Gasteiger partial charge in [-0.2, -0.15) is 4.28 Å². The maximum atomic E-state index is 10.5. The maximum absolute atomic E-state index is 10.5. The maximum Gasteiger partial charge on any atom is 0.277 e. The molecule has 0 bridgehead atoms. The fourth-order valence-corrected chi connectivity index (χ4v) is 2.12. The molecule has 1 heterocycles. The number of benzene rings is 1. The summed E-state index contributed by atoms with van der Waals surface area (Å²) in [6.45, 7) is 0. The van der Waals surface area contributed by atoms with Gasteiger partial charge in [0, 0.05) is 18.0 Å². The van der Waals surface area contributed by atoms with Gasteiger partial charge in [0.05, 0.1) is 11.4 Å². The van der Waals surface area contributed by atoms with Gasteiger partial charge in [-0.3, -0.25) is 0 Å². The van der Waals surface area contributed by atoms with Gasteiger partial charge in [-0.25, -0.2) is 18.5 Å². The number of thiazole rings is 1. The van der Waals surface area contributed by atoms with Gasteiger partial charge in [-0.1, -0.05) is 12.1 Å². The second kappa shape index (κ2) is 5.26. The minimum absolute atomic E-state index is 0.634. The minimum atomic E-state index is -2.91. The van der Waals surface area contributed by atoms with E-state index in [-0.39, 0.29) is 0 Å². The SMILES string of the molecule is CN(O[SH](=O)=O)c1cccc(-c2cs[c]n2)c1. The molecule has 0 unspecified atom stereocenters. The first-order chi connectivity index (χ1) is 8.16. The highest BCUT2D eigenvalue weighted by Gasteiger charge is 2.05. The Kier molecular flexibility index (Phi) is 3.72. The zero-order valence-corrected chi connectivity index (χ0v) is 10.6. The van der Waals surface area contributed by atoms with Crippen LogP contribution in [0.15, 0.2) is 29.6 Å². The Morgan fingerprint density at radius 2 is 2.29 bits per heavy atom. The van der Waals surface area contributed by atoms with Crippen molar-refractivity contribution in [2.75, 3.05) is 12.1 Å². The molecule has 1 aromatic carbocycles. The molecule has 2 rings (SSSR count). The van der Waals surface area contributed by atoms with Crippen molar-refractivity contribution in [3.8, 4) is 11.3 Å². The molecule has 0 saturated carbocycles. The zero-order valence-electron chi connectivity index (χ0n) is 8.86. The Labute approximate surface area is 104 Å². The van der Waals surface area contributed by atoms with Gasteiger partial charge in [-0.15, -0.1) is 11.3 Å². The lowest BCUT2D eigenvalue weighted by Crippen LogP contribution is -2.16. The molecule has 1 radical (unpaired) electrons. The van der Waals surface area contributed by atoms with Crippen molar-refractivity contribution in [1.29, 1.82) is 0 Å². The Bertz CT molecular complexity index is 559. The Hall–Kier alpha value is -1.44. The summed E-state index contributed by atoms with van der Waals surface area (Å²) in [5.41, 5.74) is 5.08. The second-order valence-electron chi connectivity index (χ2n) is 3.18. The number of rotatable bonds is 4. The van der Waals surface area contributed by atoms with Crippen molar-refractivity contribution in [2.24, 2.45) is 0 Å². The largest absolute Gasteiger partial charge is 0.277 e. The first kappa shape index (κ1) is 12.0. The normalized spacial score (nSPS) is 10.7. The quantitative estimate of drug-likeness (QED) is 0.673. The number of thiol groups is 1. The summed E-state index contributed by atoms with van der Waals surface area (Å²) in [6, 6.07) is 7.24. The highest BCUT2D eigenvalue weighted by molar-refractivity contribution is 7.67. The van der Waals surface area contributed by atoms with E-state index in [1.165, 1.54) is 23.4 Å². The van der Waals surface area contributed by atoms with Gasteiger partial charge >= 0.3 is 0 Å². The predicted molar refractivity (Wildman–Crippen MR) is 66.2 cm³/mol. The average Bonchev–Trinajstić information content (AvgIpc) is 2.82. The molecule has 17 heavy (non-hydrogen) atoms. The number of anilines is 1. The van der Waals surface area contributed by atoms with Crippen LogP contribution in [0.2, 0.25) is 0 Å². The third-order valence-electron chi connectivity index (χ3n) is 2.08. The number of nitrogens with zero attached hydrogens (tertiary/aromatic N) is 2. The third-order valence-corrected chi connectivity index (χ3v) is 3.00. The number of hydrogen-bond donors (Lipinski definition) is 1. The molecule has 89 valence electrons. The van der Waals surface area contributed by atoms with Crippen LogP contribution in [0, 0.1) is 5.51 Å². The van der Waals surface area contributed by atoms with E-state index >= 15 is 0 Å². The summed E-state index contributed by atoms with van der Waals surface area (Å²) in [6.07, 6.45) is 0. The number of hydroxylamine groups is 1. The lowest BCUT2D eigenvalue weighted by atomic mass is 10.1. The van der Waals surface area contributed by atoms with Crippen LogP contribution in [-0.2, 0) is 15.3 Å². The van der Waals surface area contributed by atoms with Gasteiger partial charge in [0.15, 0.2) is 5.51 Å². The van der Waals surface area contributed by atoms with Crippen molar-refractivity contribution >= 4 is 28.0 Å². The zero-order chi connectivity index (χ0) is 12.3. The van der Waals surface area contributed by atoms with E-state index in [1.807, 2.05) is 17.5 Å². The lowest BCUT2D eigenvalue weighted by Gasteiger charge is -2.14. The molecule has 0 atom stereocenters. The van der Waals surface area contributed by atoms with Crippen molar-refractivity contribution in [1.82, 2.24) is 4.98 Å². The Morgan fingerprint density at radius 1 is 1.47 bits per heavy atom. The molecule has 0 fully saturated rings. The molecule has 1 aromatic heterocycles. The van der Waals surface area contributed by atoms with Gasteiger partial charge in [-0.05, 0) is 12.1 Å². The lowest BCUT2D eigenvalue weighted by molar-refractivity contribution is 0.320. The monoisotopic (exact) mass is 269 g/mol. The molecule has 0 aliphatic heterocycles. The summed E-state index contributed by atoms with van der Waals surface area (Å²) in [5, 5.41) is 3.05. The molecular formula is C10H9N2O3S2. The van der Waals surface area contributed by atoms with Crippen molar-refractivity contribution in [2.45, 2.75) is 0 Å². The Balaban J connectivity index is 2.28. The smallest absolute Gasteiger partial charge is 0.240 e. The first-order valence-electron chi connectivity index (χ1n) is 4.65. The van der Waals surface area contributed by atoms with Crippen LogP contribution >= 0.6 is 11.3 Å². The average molecular weight is 269 g/mol. The molecule has 2 aromatic rings. The van der Waals surface area contributed by atoms with E-state index in [4.69, 9.17) is 0 Å². The molecule has 0 N–H and O–H groups in total. The fourth-order valence-electron chi connectivity index (χ4n) is 1.32. The molecule has 0 aliphatic carbocycles. The first-order valence-corrected chi connectivity index (χ1v) is 6.62. The second-order valence-corrected chi connectivity index (χ2v) is 4.44. The van der Waals surface area contributed by atoms with Crippen LogP contribution < -0.4 is 5.06 Å². The molecule has 5 nitrogen and oxygen atoms in total. The highest BCUT2D eigenvalue weighted by atomic mass is 32.2. The van der Waals surface area contributed by atoms with Crippen LogP contribution in [0.4, 0.5) is 5.69 Å². The number of aromatic nitrogens is 1. The van der Waals surface area contributed by atoms with Crippen LogP contribution in [0.3, 0.4) is 0 Å². The molecule has 0 saturated heterocycles. The van der Waals surface area contributed by atoms with E-state index in [2.05, 4.69) is 14.8 Å². The summed E-state index contributed by atoms with van der Waals surface area (Å²) >= 11 is 1.38. The summed E-state index contributed by atoms with van der Waals surface area (Å²) in [7, 11) is -1.39. The van der Waals surface area contributed by atoms with Crippen LogP contribution in [0.5, 0.6) is 0 Å². The Morgan fingerprint density at radius 3 is 2.94 bits per heavy atom. The molecular weight excluding hydrogens is 260 g/mol. The van der Waals surface area contributed by atoms with Crippen LogP contribution in [-0.4, -0.2) is 20.4 Å². The predicted octanol–water partition coefficient (Wildman–Crippen LogP) is 1.50. The van der Waals surface area contributed by atoms with Crippen molar-refractivity contribution < 1.29 is 12.7 Å². The van der Waals surface area contributed by atoms with E-state index in [1.54, 1.807) is 12.1 Å². The van der Waals surface area contributed by atoms with Crippen molar-refractivity contribution in [3.63, 3.8) is 0 Å². The summed E-state index contributed by atoms with van der Waals surface area (Å²) in [4.78, 5) is 4.06. The van der Waals surface area contributed by atoms with Gasteiger partial charge in [0.25, 0.3) is 11.0 Å². The molecule has 7 heteroatoms. The van der Waals surface area contributed by atoms with Gasteiger partial charge in [0.2, 0.25) is 0 Å². The van der Waals surface area contributed by atoms with E-state index < -0.39 is 11.0 Å². The van der Waals surface area contributed by atoms with Gasteiger partial charge < -0.3 is 0 Å². The molecule has 0 amide bonds. The molecule has 0 spiro atoms. The summed E-state index contributed by atoms with van der Waals surface area (Å²) < 4.78 is 25.5. The topological polar surface area (TPSA) is 59.5 Å². The third kappa shape index (κ3) is 3.02. The van der Waals surface area contributed by atoms with E-state index in [0.29, 0.717) is 5.69 Å². The fraction of sp³-hybridized carbons (Fsp3) is 0.100. The van der Waals surface area contributed by atoms with Crippen molar-refractivity contribution in [3.05, 3.63) is 35.2 Å². The van der Waals surface area contributed by atoms with Gasteiger partial charge in [0.1, 0.15) is 0 Å². The highest BCUT2D eigenvalue weighted by Crippen LogP contribution is 2.23. The van der Waals surface area contributed by atoms with Crippen LogP contribution in [0.1, 0.15) is 0 Å². The van der Waals surface area contributed by atoms with E-state index in [0.717, 1.165) is 11.3 Å². The summed E-state index contributed by atoms with van der Waals surface area (Å²) in [5.74, 6) is 0. The van der Waals surface area contributed by atoms with E-state index in [9.17, 15) is 8.42 Å².